The fourth-order valence-corrected chi connectivity index (χ4v) is 3.30. The molecule has 0 spiro atoms. The maximum absolute atomic E-state index is 12.3. The first-order chi connectivity index (χ1) is 11.2. The van der Waals surface area contributed by atoms with E-state index in [0.29, 0.717) is 6.54 Å². The molecule has 0 radical (unpaired) electrons. The van der Waals surface area contributed by atoms with E-state index in [9.17, 15) is 4.79 Å². The van der Waals surface area contributed by atoms with Gasteiger partial charge in [0.1, 0.15) is 0 Å². The average molecular weight is 336 g/mol. The van der Waals surface area contributed by atoms with Crippen molar-refractivity contribution in [2.75, 3.05) is 39.0 Å². The lowest BCUT2D eigenvalue weighted by atomic mass is 10.1. The summed E-state index contributed by atoms with van der Waals surface area (Å²) in [4.78, 5) is 17.9. The van der Waals surface area contributed by atoms with Crippen LogP contribution in [0.15, 0.2) is 29.2 Å². The van der Waals surface area contributed by atoms with Crippen molar-refractivity contribution in [3.05, 3.63) is 29.8 Å². The molecule has 5 heteroatoms. The number of hydrogen-bond donors (Lipinski definition) is 1. The summed E-state index contributed by atoms with van der Waals surface area (Å²) in [7, 11) is 0. The van der Waals surface area contributed by atoms with Crippen molar-refractivity contribution in [1.29, 1.82) is 0 Å². The number of piperidine rings is 1. The molecule has 1 aromatic carbocycles. The summed E-state index contributed by atoms with van der Waals surface area (Å²) < 4.78 is 0. The number of nitrogens with one attached hydrogen (secondary N) is 1. The topological polar surface area (TPSA) is 35.6 Å². The second-order valence-electron chi connectivity index (χ2n) is 6.00. The number of carbonyl (C=O) groups excluding carboxylic acids is 1. The highest BCUT2D eigenvalue weighted by atomic mass is 32.2. The number of carbonyl (C=O) groups is 1. The lowest BCUT2D eigenvalue weighted by Crippen LogP contribution is -2.43. The van der Waals surface area contributed by atoms with Crippen LogP contribution >= 0.6 is 11.8 Å². The molecule has 0 saturated carbocycles. The third-order valence-corrected chi connectivity index (χ3v) is 5.10. The van der Waals surface area contributed by atoms with Gasteiger partial charge in [-0.05, 0) is 56.8 Å². The van der Waals surface area contributed by atoms with Crippen molar-refractivity contribution >= 4 is 17.8 Å². The fraction of sp³-hybridized carbons (Fsp3) is 0.611. The second-order valence-corrected chi connectivity index (χ2v) is 6.88. The summed E-state index contributed by atoms with van der Waals surface area (Å²) >= 11 is 1.74. The number of hydrogen-bond acceptors (Lipinski definition) is 3. The van der Waals surface area contributed by atoms with Crippen LogP contribution in [-0.4, -0.2) is 54.8 Å². The van der Waals surface area contributed by atoms with E-state index in [1.54, 1.807) is 11.8 Å². The number of amides is 2. The minimum absolute atomic E-state index is 0.0402. The number of nitrogens with zero attached hydrogens (tertiary/aromatic N) is 2. The average Bonchev–Trinajstić information content (AvgIpc) is 2.61. The van der Waals surface area contributed by atoms with E-state index < -0.39 is 0 Å². The van der Waals surface area contributed by atoms with E-state index in [4.69, 9.17) is 0 Å². The van der Waals surface area contributed by atoms with E-state index in [1.807, 2.05) is 11.8 Å². The first-order valence-electron chi connectivity index (χ1n) is 8.61. The Morgan fingerprint density at radius 3 is 2.52 bits per heavy atom. The van der Waals surface area contributed by atoms with Gasteiger partial charge in [0, 0.05) is 31.1 Å². The van der Waals surface area contributed by atoms with Crippen LogP contribution < -0.4 is 5.32 Å². The van der Waals surface area contributed by atoms with Crippen molar-refractivity contribution < 1.29 is 4.79 Å². The van der Waals surface area contributed by atoms with E-state index in [0.717, 1.165) is 19.6 Å². The number of urea groups is 1. The third kappa shape index (κ3) is 6.07. The van der Waals surface area contributed by atoms with Crippen LogP contribution in [0.4, 0.5) is 4.79 Å². The third-order valence-electron chi connectivity index (χ3n) is 4.35. The number of benzene rings is 1. The van der Waals surface area contributed by atoms with Crippen LogP contribution in [0.3, 0.4) is 0 Å². The minimum Gasteiger partial charge on any atom is -0.337 e. The Morgan fingerprint density at radius 1 is 1.22 bits per heavy atom. The summed E-state index contributed by atoms with van der Waals surface area (Å²) in [6, 6.07) is 8.48. The van der Waals surface area contributed by atoms with E-state index >= 15 is 0 Å². The van der Waals surface area contributed by atoms with Crippen molar-refractivity contribution in [2.24, 2.45) is 0 Å². The zero-order valence-corrected chi connectivity index (χ0v) is 15.2. The molecule has 4 nitrogen and oxygen atoms in total. The molecule has 1 aliphatic rings. The number of likely N-dealkylation sites (tertiary alicyclic amines) is 1. The Bertz CT molecular complexity index is 472. The Hall–Kier alpha value is -1.20. The van der Waals surface area contributed by atoms with Crippen molar-refractivity contribution in [3.8, 4) is 0 Å². The van der Waals surface area contributed by atoms with Gasteiger partial charge in [0.15, 0.2) is 0 Å². The highest BCUT2D eigenvalue weighted by Crippen LogP contribution is 2.16. The highest BCUT2D eigenvalue weighted by Gasteiger charge is 2.13. The van der Waals surface area contributed by atoms with Crippen LogP contribution in [0.1, 0.15) is 31.7 Å². The van der Waals surface area contributed by atoms with Gasteiger partial charge in [0.05, 0.1) is 0 Å². The van der Waals surface area contributed by atoms with Crippen LogP contribution in [0.5, 0.6) is 0 Å². The predicted molar refractivity (Wildman–Crippen MR) is 98.0 cm³/mol. The van der Waals surface area contributed by atoms with Gasteiger partial charge in [-0.25, -0.2) is 4.79 Å². The molecular formula is C18H29N3OS. The number of rotatable bonds is 7. The zero-order chi connectivity index (χ0) is 16.5. The molecule has 1 heterocycles. The van der Waals surface area contributed by atoms with E-state index in [-0.39, 0.29) is 6.03 Å². The summed E-state index contributed by atoms with van der Waals surface area (Å²) in [5, 5.41) is 3.06. The summed E-state index contributed by atoms with van der Waals surface area (Å²) in [5.74, 6) is 0. The molecule has 1 aromatic rings. The van der Waals surface area contributed by atoms with Crippen molar-refractivity contribution in [2.45, 2.75) is 37.6 Å². The second kappa shape index (κ2) is 9.83. The Balaban J connectivity index is 1.75. The standard InChI is InChI=1S/C18H29N3OS/c1-3-21(15-16-7-9-17(23-2)10-8-16)18(22)19-11-14-20-12-5-4-6-13-20/h7-10H,3-6,11-15H2,1-2H3,(H,19,22). The molecule has 1 saturated heterocycles. The molecule has 0 atom stereocenters. The van der Waals surface area contributed by atoms with Gasteiger partial charge in [-0.15, -0.1) is 11.8 Å². The highest BCUT2D eigenvalue weighted by molar-refractivity contribution is 7.98. The Morgan fingerprint density at radius 2 is 1.91 bits per heavy atom. The fourth-order valence-electron chi connectivity index (χ4n) is 2.89. The van der Waals surface area contributed by atoms with Crippen molar-refractivity contribution in [3.63, 3.8) is 0 Å². The van der Waals surface area contributed by atoms with Crippen LogP contribution in [0.2, 0.25) is 0 Å². The summed E-state index contributed by atoms with van der Waals surface area (Å²) in [6.07, 6.45) is 6.01. The smallest absolute Gasteiger partial charge is 0.317 e. The molecule has 0 aromatic heterocycles. The van der Waals surface area contributed by atoms with Crippen molar-refractivity contribution in [1.82, 2.24) is 15.1 Å². The van der Waals surface area contributed by atoms with Gasteiger partial charge in [-0.1, -0.05) is 18.6 Å². The zero-order valence-electron chi connectivity index (χ0n) is 14.4. The van der Waals surface area contributed by atoms with Gasteiger partial charge in [-0.3, -0.25) is 0 Å². The lowest BCUT2D eigenvalue weighted by Gasteiger charge is -2.27. The van der Waals surface area contributed by atoms with Crippen LogP contribution in [-0.2, 0) is 6.54 Å². The number of thioether (sulfide) groups is 1. The molecule has 0 bridgehead atoms. The van der Waals surface area contributed by atoms with Gasteiger partial charge in [0.25, 0.3) is 0 Å². The normalized spacial score (nSPS) is 15.4. The summed E-state index contributed by atoms with van der Waals surface area (Å²) in [6.45, 7) is 7.47. The molecule has 1 aliphatic heterocycles. The van der Waals surface area contributed by atoms with Crippen LogP contribution in [0.25, 0.3) is 0 Å². The van der Waals surface area contributed by atoms with Gasteiger partial charge >= 0.3 is 6.03 Å². The molecule has 0 unspecified atom stereocenters. The van der Waals surface area contributed by atoms with Gasteiger partial charge in [-0.2, -0.15) is 0 Å². The van der Waals surface area contributed by atoms with Crippen LogP contribution in [0, 0.1) is 0 Å². The van der Waals surface area contributed by atoms with E-state index in [1.165, 1.54) is 42.8 Å². The SMILES string of the molecule is CCN(Cc1ccc(SC)cc1)C(=O)NCCN1CCCCC1. The summed E-state index contributed by atoms with van der Waals surface area (Å²) in [5.41, 5.74) is 1.18. The lowest BCUT2D eigenvalue weighted by molar-refractivity contribution is 0.191. The predicted octanol–water partition coefficient (Wildman–Crippen LogP) is 3.43. The molecule has 128 valence electrons. The monoisotopic (exact) mass is 335 g/mol. The minimum atomic E-state index is 0.0402. The molecule has 2 amide bonds. The molecule has 23 heavy (non-hydrogen) atoms. The maximum atomic E-state index is 12.3. The molecule has 1 fully saturated rings. The Labute approximate surface area is 144 Å². The molecule has 1 N–H and O–H groups in total. The molecular weight excluding hydrogens is 306 g/mol. The maximum Gasteiger partial charge on any atom is 0.317 e. The van der Waals surface area contributed by atoms with Gasteiger partial charge < -0.3 is 15.1 Å². The first kappa shape index (κ1) is 18.1. The van der Waals surface area contributed by atoms with Gasteiger partial charge in [0.2, 0.25) is 0 Å². The Kier molecular flexibility index (Phi) is 7.76. The quantitative estimate of drug-likeness (QED) is 0.776. The molecule has 0 aliphatic carbocycles. The van der Waals surface area contributed by atoms with E-state index in [2.05, 4.69) is 40.7 Å². The first-order valence-corrected chi connectivity index (χ1v) is 9.83. The molecule has 2 rings (SSSR count). The largest absolute Gasteiger partial charge is 0.337 e.